The van der Waals surface area contributed by atoms with Crippen molar-refractivity contribution >= 4 is 29.6 Å². The molecule has 1 aliphatic heterocycles. The van der Waals surface area contributed by atoms with Gasteiger partial charge in [-0.1, -0.05) is 18.1 Å². The van der Waals surface area contributed by atoms with Crippen molar-refractivity contribution in [3.63, 3.8) is 0 Å². The van der Waals surface area contributed by atoms with Gasteiger partial charge in [0.2, 0.25) is 0 Å². The van der Waals surface area contributed by atoms with Crippen LogP contribution in [-0.2, 0) is 17.7 Å². The lowest BCUT2D eigenvalue weighted by Gasteiger charge is -2.29. The first kappa shape index (κ1) is 27.7. The van der Waals surface area contributed by atoms with Crippen molar-refractivity contribution in [3.05, 3.63) is 102 Å². The Kier molecular flexibility index (Phi) is 7.80. The molecule has 9 heteroatoms. The van der Waals surface area contributed by atoms with Crippen LogP contribution in [0.4, 0.5) is 15.9 Å². The van der Waals surface area contributed by atoms with Crippen LogP contribution in [0, 0.1) is 18.2 Å². The molecule has 7 nitrogen and oxygen atoms in total. The molecular weight excluding hydrogens is 550 g/mol. The molecule has 0 aliphatic carbocycles. The van der Waals surface area contributed by atoms with Crippen LogP contribution in [0.5, 0.6) is 5.75 Å². The molecule has 3 aromatic carbocycles. The Morgan fingerprint density at radius 2 is 1.93 bits per heavy atom. The van der Waals surface area contributed by atoms with E-state index in [1.807, 2.05) is 49.1 Å². The van der Waals surface area contributed by atoms with Crippen molar-refractivity contribution in [3.8, 4) is 29.4 Å². The molecule has 0 atom stereocenters. The van der Waals surface area contributed by atoms with Crippen LogP contribution in [0.1, 0.15) is 16.9 Å². The summed E-state index contributed by atoms with van der Waals surface area (Å²) in [6.07, 6.45) is 8.82. The molecule has 212 valence electrons. The first-order valence-electron chi connectivity index (χ1n) is 13.7. The fraction of sp³-hybridized carbons (Fsp3) is 0.212. The Bertz CT molecular complexity index is 1840. The van der Waals surface area contributed by atoms with Gasteiger partial charge in [-0.25, -0.2) is 14.4 Å². The van der Waals surface area contributed by atoms with Gasteiger partial charge in [0.15, 0.2) is 0 Å². The highest BCUT2D eigenvalue weighted by molar-refractivity contribution is 7.63. The predicted molar refractivity (Wildman–Crippen MR) is 164 cm³/mol. The SMILES string of the molecule is C#Cc1cc(Nc2ncnc3ccc(-c4ccc(CN5CCP(C)(=O)CC5)o4)cc23)ccc1OCc1cccc(F)c1. The Hall–Kier alpha value is -4.44. The molecule has 1 aliphatic rings. The number of terminal acetylenes is 1. The van der Waals surface area contributed by atoms with Crippen molar-refractivity contribution in [2.75, 3.05) is 37.4 Å². The Balaban J connectivity index is 1.19. The molecule has 6 rings (SSSR count). The average molecular weight is 581 g/mol. The maximum absolute atomic E-state index is 13.5. The van der Waals surface area contributed by atoms with Crippen LogP contribution in [0.2, 0.25) is 0 Å². The maximum atomic E-state index is 13.5. The minimum absolute atomic E-state index is 0.200. The topological polar surface area (TPSA) is 80.5 Å². The summed E-state index contributed by atoms with van der Waals surface area (Å²) >= 11 is 0. The zero-order valence-electron chi connectivity index (χ0n) is 23.2. The van der Waals surface area contributed by atoms with Crippen molar-refractivity contribution in [1.29, 1.82) is 0 Å². The molecule has 5 aromatic rings. The standard InChI is InChI=1S/C33H30FN4O3P/c1-3-24-18-27(8-11-31(24)40-21-23-5-4-6-26(34)17-23)37-33-29-19-25(7-10-30(29)35-22-36-33)32-12-9-28(41-32)20-38-13-15-42(2,39)16-14-38/h1,4-12,17-19,22H,13-16,20-21H2,2H3,(H,35,36,37). The third-order valence-corrected chi connectivity index (χ3v) is 9.71. The summed E-state index contributed by atoms with van der Waals surface area (Å²) in [5.41, 5.74) is 3.71. The van der Waals surface area contributed by atoms with Crippen LogP contribution in [0.25, 0.3) is 22.2 Å². The van der Waals surface area contributed by atoms with E-state index in [1.54, 1.807) is 18.2 Å². The second kappa shape index (κ2) is 11.8. The van der Waals surface area contributed by atoms with Crippen LogP contribution in [0.3, 0.4) is 0 Å². The minimum Gasteiger partial charge on any atom is -0.488 e. The van der Waals surface area contributed by atoms with Gasteiger partial charge in [0.1, 0.15) is 41.8 Å². The largest absolute Gasteiger partial charge is 0.488 e. The molecule has 1 N–H and O–H groups in total. The third kappa shape index (κ3) is 6.38. The second-order valence-electron chi connectivity index (χ2n) is 10.6. The van der Waals surface area contributed by atoms with Gasteiger partial charge in [0, 0.05) is 42.1 Å². The lowest BCUT2D eigenvalue weighted by atomic mass is 10.1. The highest BCUT2D eigenvalue weighted by Crippen LogP contribution is 2.43. The molecule has 0 bridgehead atoms. The first-order chi connectivity index (χ1) is 20.3. The molecule has 0 radical (unpaired) electrons. The van der Waals surface area contributed by atoms with Gasteiger partial charge in [0.25, 0.3) is 0 Å². The molecule has 42 heavy (non-hydrogen) atoms. The number of halogens is 1. The Morgan fingerprint density at radius 1 is 1.07 bits per heavy atom. The molecule has 1 saturated heterocycles. The lowest BCUT2D eigenvalue weighted by molar-refractivity contribution is 0.263. The van der Waals surface area contributed by atoms with Gasteiger partial charge < -0.3 is 19.0 Å². The summed E-state index contributed by atoms with van der Waals surface area (Å²) in [6, 6.07) is 21.6. The highest BCUT2D eigenvalue weighted by Gasteiger charge is 2.24. The van der Waals surface area contributed by atoms with Gasteiger partial charge in [-0.2, -0.15) is 0 Å². The third-order valence-electron chi connectivity index (χ3n) is 7.42. The van der Waals surface area contributed by atoms with Crippen LogP contribution in [-0.4, -0.2) is 46.9 Å². The molecule has 1 fully saturated rings. The van der Waals surface area contributed by atoms with Gasteiger partial charge >= 0.3 is 0 Å². The van der Waals surface area contributed by atoms with Crippen molar-refractivity contribution in [2.24, 2.45) is 0 Å². The number of nitrogens with zero attached hydrogens (tertiary/aromatic N) is 3. The first-order valence-corrected chi connectivity index (χ1v) is 16.2. The van der Waals surface area contributed by atoms with E-state index in [1.165, 1.54) is 18.5 Å². The smallest absolute Gasteiger partial charge is 0.141 e. The number of ether oxygens (including phenoxy) is 1. The summed E-state index contributed by atoms with van der Waals surface area (Å²) in [6.45, 7) is 4.45. The van der Waals surface area contributed by atoms with E-state index in [0.717, 1.165) is 59.1 Å². The molecule has 0 saturated carbocycles. The number of aromatic nitrogens is 2. The number of nitrogens with one attached hydrogen (secondary N) is 1. The van der Waals surface area contributed by atoms with E-state index in [9.17, 15) is 8.96 Å². The summed E-state index contributed by atoms with van der Waals surface area (Å²) in [7, 11) is -1.97. The number of rotatable bonds is 8. The summed E-state index contributed by atoms with van der Waals surface area (Å²) in [5.74, 6) is 5.15. The number of furan rings is 1. The molecule has 3 heterocycles. The molecule has 0 spiro atoms. The zero-order valence-corrected chi connectivity index (χ0v) is 24.1. The van der Waals surface area contributed by atoms with Crippen LogP contribution in [0.15, 0.2) is 83.5 Å². The number of hydrogen-bond acceptors (Lipinski definition) is 7. The number of benzene rings is 3. The van der Waals surface area contributed by atoms with E-state index in [4.69, 9.17) is 15.6 Å². The van der Waals surface area contributed by atoms with Crippen molar-refractivity contribution in [1.82, 2.24) is 14.9 Å². The second-order valence-corrected chi connectivity index (χ2v) is 14.1. The predicted octanol–water partition coefficient (Wildman–Crippen LogP) is 7.14. The van der Waals surface area contributed by atoms with E-state index < -0.39 is 7.14 Å². The normalized spacial score (nSPS) is 14.9. The van der Waals surface area contributed by atoms with Gasteiger partial charge in [-0.3, -0.25) is 4.90 Å². The summed E-state index contributed by atoms with van der Waals surface area (Å²) in [4.78, 5) is 11.2. The van der Waals surface area contributed by atoms with Crippen molar-refractivity contribution in [2.45, 2.75) is 13.2 Å². The Morgan fingerprint density at radius 3 is 2.74 bits per heavy atom. The average Bonchev–Trinajstić information content (AvgIpc) is 3.46. The molecule has 2 aromatic heterocycles. The fourth-order valence-corrected chi connectivity index (χ4v) is 6.64. The molecule has 0 unspecified atom stereocenters. The monoisotopic (exact) mass is 580 g/mol. The number of hydrogen-bond donors (Lipinski definition) is 1. The quantitative estimate of drug-likeness (QED) is 0.154. The molecule has 0 amide bonds. The maximum Gasteiger partial charge on any atom is 0.141 e. The van der Waals surface area contributed by atoms with Gasteiger partial charge in [0.05, 0.1) is 24.8 Å². The Labute approximate surface area is 244 Å². The van der Waals surface area contributed by atoms with E-state index in [-0.39, 0.29) is 12.4 Å². The summed E-state index contributed by atoms with van der Waals surface area (Å²) in [5, 5.41) is 4.19. The van der Waals surface area contributed by atoms with Crippen LogP contribution < -0.4 is 10.1 Å². The zero-order chi connectivity index (χ0) is 29.1. The van der Waals surface area contributed by atoms with Gasteiger partial charge in [-0.15, -0.1) is 6.42 Å². The van der Waals surface area contributed by atoms with E-state index in [2.05, 4.69) is 26.1 Å². The van der Waals surface area contributed by atoms with Gasteiger partial charge in [-0.05, 0) is 72.9 Å². The van der Waals surface area contributed by atoms with Crippen molar-refractivity contribution < 1.29 is 18.1 Å². The summed E-state index contributed by atoms with van der Waals surface area (Å²) < 4.78 is 37.9. The minimum atomic E-state index is -1.97. The van der Waals surface area contributed by atoms with E-state index in [0.29, 0.717) is 29.2 Å². The highest BCUT2D eigenvalue weighted by atomic mass is 31.2. The fourth-order valence-electron chi connectivity index (χ4n) is 5.01. The number of anilines is 2. The lowest BCUT2D eigenvalue weighted by Crippen LogP contribution is -2.33. The van der Waals surface area contributed by atoms with E-state index >= 15 is 0 Å². The van der Waals surface area contributed by atoms with Crippen LogP contribution >= 0.6 is 7.14 Å². The molecular formula is C33H30FN4O3P. The number of fused-ring (bicyclic) bond motifs is 1.